The molecule has 3 nitrogen and oxygen atoms in total. The molecular weight excluding hydrogens is 245 g/mol. The molecule has 2 unspecified atom stereocenters. The number of fused-ring (bicyclic) bond motifs is 1. The number of hydrogen-bond acceptors (Lipinski definition) is 3. The van der Waals surface area contributed by atoms with E-state index >= 15 is 0 Å². The van der Waals surface area contributed by atoms with Crippen molar-refractivity contribution < 1.29 is 13.9 Å². The predicted molar refractivity (Wildman–Crippen MR) is 70.6 cm³/mol. The summed E-state index contributed by atoms with van der Waals surface area (Å²) in [7, 11) is 1.73. The minimum absolute atomic E-state index is 0.0745. The highest BCUT2D eigenvalue weighted by atomic mass is 19.1. The third-order valence-electron chi connectivity index (χ3n) is 4.44. The third-order valence-corrected chi connectivity index (χ3v) is 4.44. The highest BCUT2D eigenvalue weighted by molar-refractivity contribution is 5.39. The van der Waals surface area contributed by atoms with Crippen LogP contribution in [-0.2, 0) is 4.74 Å². The molecule has 0 aromatic heterocycles. The number of rotatable bonds is 1. The van der Waals surface area contributed by atoms with E-state index in [1.54, 1.807) is 13.2 Å². The molecular formula is C15H20FNO2. The summed E-state index contributed by atoms with van der Waals surface area (Å²) >= 11 is 0. The smallest absolute Gasteiger partial charge is 0.137 e. The fourth-order valence-electron chi connectivity index (χ4n) is 3.51. The highest BCUT2D eigenvalue weighted by Crippen LogP contribution is 2.46. The molecule has 0 bridgehead atoms. The lowest BCUT2D eigenvalue weighted by atomic mass is 9.75. The summed E-state index contributed by atoms with van der Waals surface area (Å²) in [6.45, 7) is 0. The van der Waals surface area contributed by atoms with Crippen LogP contribution in [0.5, 0.6) is 5.75 Å². The van der Waals surface area contributed by atoms with Crippen LogP contribution in [0.15, 0.2) is 18.2 Å². The lowest BCUT2D eigenvalue weighted by Crippen LogP contribution is -2.54. The lowest BCUT2D eigenvalue weighted by molar-refractivity contribution is -0.114. The van der Waals surface area contributed by atoms with Crippen molar-refractivity contribution in [1.29, 1.82) is 0 Å². The van der Waals surface area contributed by atoms with Crippen molar-refractivity contribution in [2.24, 2.45) is 5.73 Å². The normalized spacial score (nSPS) is 33.8. The second-order valence-corrected chi connectivity index (χ2v) is 5.63. The van der Waals surface area contributed by atoms with Crippen LogP contribution in [0, 0.1) is 5.82 Å². The number of methoxy groups -OCH3 is 1. The van der Waals surface area contributed by atoms with Gasteiger partial charge in [0.15, 0.2) is 0 Å². The van der Waals surface area contributed by atoms with E-state index in [0.29, 0.717) is 12.2 Å². The first-order chi connectivity index (χ1) is 9.14. The molecule has 3 rings (SSSR count). The van der Waals surface area contributed by atoms with E-state index in [1.165, 1.54) is 12.1 Å². The molecule has 2 N–H and O–H groups in total. The molecule has 1 aromatic carbocycles. The van der Waals surface area contributed by atoms with Crippen molar-refractivity contribution in [1.82, 2.24) is 0 Å². The van der Waals surface area contributed by atoms with Gasteiger partial charge in [-0.2, -0.15) is 0 Å². The summed E-state index contributed by atoms with van der Waals surface area (Å²) in [5.41, 5.74) is 6.67. The molecule has 104 valence electrons. The van der Waals surface area contributed by atoms with Gasteiger partial charge in [-0.3, -0.25) is 0 Å². The topological polar surface area (TPSA) is 44.5 Å². The van der Waals surface area contributed by atoms with Crippen molar-refractivity contribution in [3.05, 3.63) is 29.6 Å². The monoisotopic (exact) mass is 265 g/mol. The molecule has 1 aliphatic carbocycles. The second-order valence-electron chi connectivity index (χ2n) is 5.63. The predicted octanol–water partition coefficient (Wildman–Crippen LogP) is 2.94. The van der Waals surface area contributed by atoms with Gasteiger partial charge in [0.25, 0.3) is 0 Å². The molecule has 3 atom stereocenters. The molecule has 1 spiro atoms. The Bertz CT molecular complexity index is 479. The van der Waals surface area contributed by atoms with Crippen molar-refractivity contribution in [2.45, 2.75) is 49.9 Å². The Hall–Kier alpha value is -1.13. The van der Waals surface area contributed by atoms with E-state index in [-0.39, 0.29) is 23.6 Å². The molecule has 4 heteroatoms. The summed E-state index contributed by atoms with van der Waals surface area (Å²) in [5.74, 6) is 0.449. The zero-order valence-corrected chi connectivity index (χ0v) is 11.2. The maximum absolute atomic E-state index is 13.3. The Morgan fingerprint density at radius 3 is 3.05 bits per heavy atom. The lowest BCUT2D eigenvalue weighted by Gasteiger charge is -2.47. The third kappa shape index (κ3) is 2.13. The first-order valence-electron chi connectivity index (χ1n) is 6.91. The average Bonchev–Trinajstić information content (AvgIpc) is 2.40. The maximum Gasteiger partial charge on any atom is 0.137 e. The van der Waals surface area contributed by atoms with E-state index in [2.05, 4.69) is 0 Å². The molecule has 1 heterocycles. The van der Waals surface area contributed by atoms with Gasteiger partial charge in [0.05, 0.1) is 6.10 Å². The first-order valence-corrected chi connectivity index (χ1v) is 6.91. The number of benzene rings is 1. The van der Waals surface area contributed by atoms with Crippen molar-refractivity contribution in [3.63, 3.8) is 0 Å². The van der Waals surface area contributed by atoms with Crippen LogP contribution in [0.1, 0.15) is 43.7 Å². The van der Waals surface area contributed by atoms with Crippen LogP contribution < -0.4 is 10.5 Å². The zero-order chi connectivity index (χ0) is 13.5. The minimum atomic E-state index is -0.336. The van der Waals surface area contributed by atoms with Crippen molar-refractivity contribution >= 4 is 0 Å². The van der Waals surface area contributed by atoms with Crippen LogP contribution in [-0.4, -0.2) is 18.8 Å². The summed E-state index contributed by atoms with van der Waals surface area (Å²) in [5, 5.41) is 0. The van der Waals surface area contributed by atoms with E-state index in [0.717, 1.165) is 31.2 Å². The van der Waals surface area contributed by atoms with Gasteiger partial charge >= 0.3 is 0 Å². The fraction of sp³-hybridized carbons (Fsp3) is 0.600. The number of ether oxygens (including phenoxy) is 2. The van der Waals surface area contributed by atoms with E-state index in [1.807, 2.05) is 0 Å². The molecule has 1 aromatic rings. The van der Waals surface area contributed by atoms with Gasteiger partial charge < -0.3 is 15.2 Å². The summed E-state index contributed by atoms with van der Waals surface area (Å²) in [6.07, 6.45) is 5.01. The Kier molecular flexibility index (Phi) is 3.23. The van der Waals surface area contributed by atoms with E-state index in [9.17, 15) is 4.39 Å². The largest absolute Gasteiger partial charge is 0.484 e. The quantitative estimate of drug-likeness (QED) is 0.849. The second kappa shape index (κ2) is 4.76. The number of nitrogens with two attached hydrogens (primary N) is 1. The maximum atomic E-state index is 13.3. The first kappa shape index (κ1) is 12.9. The van der Waals surface area contributed by atoms with Crippen LogP contribution >= 0.6 is 0 Å². The molecule has 19 heavy (non-hydrogen) atoms. The molecule has 0 amide bonds. The molecule has 1 saturated carbocycles. The van der Waals surface area contributed by atoms with E-state index in [4.69, 9.17) is 15.2 Å². The van der Waals surface area contributed by atoms with Gasteiger partial charge in [-0.05, 0) is 37.5 Å². The summed E-state index contributed by atoms with van der Waals surface area (Å²) in [6, 6.07) is 4.41. The average molecular weight is 265 g/mol. The van der Waals surface area contributed by atoms with E-state index < -0.39 is 0 Å². The van der Waals surface area contributed by atoms with Crippen LogP contribution in [0.3, 0.4) is 0 Å². The molecule has 0 saturated heterocycles. The zero-order valence-electron chi connectivity index (χ0n) is 11.2. The van der Waals surface area contributed by atoms with Gasteiger partial charge in [-0.1, -0.05) is 6.42 Å². The number of hydrogen-bond donors (Lipinski definition) is 1. The summed E-state index contributed by atoms with van der Waals surface area (Å²) in [4.78, 5) is 0. The van der Waals surface area contributed by atoms with Gasteiger partial charge in [0, 0.05) is 25.1 Å². The molecule has 1 fully saturated rings. The van der Waals surface area contributed by atoms with Gasteiger partial charge in [0.2, 0.25) is 0 Å². The Balaban J connectivity index is 1.97. The molecule has 1 aliphatic heterocycles. The minimum Gasteiger partial charge on any atom is -0.484 e. The van der Waals surface area contributed by atoms with Crippen LogP contribution in [0.2, 0.25) is 0 Å². The Morgan fingerprint density at radius 2 is 2.26 bits per heavy atom. The van der Waals surface area contributed by atoms with Crippen molar-refractivity contribution in [2.75, 3.05) is 7.11 Å². The van der Waals surface area contributed by atoms with Gasteiger partial charge in [-0.15, -0.1) is 0 Å². The highest BCUT2D eigenvalue weighted by Gasteiger charge is 2.47. The molecule has 0 radical (unpaired) electrons. The Labute approximate surface area is 112 Å². The van der Waals surface area contributed by atoms with Crippen molar-refractivity contribution in [3.8, 4) is 5.75 Å². The summed E-state index contributed by atoms with van der Waals surface area (Å²) < 4.78 is 25.1. The Morgan fingerprint density at radius 1 is 1.42 bits per heavy atom. The SMILES string of the molecule is COC1CCCCC12C[C@H](N)c1cc(F)ccc1O2. The van der Waals surface area contributed by atoms with Gasteiger partial charge in [-0.25, -0.2) is 4.39 Å². The van der Waals surface area contributed by atoms with Crippen LogP contribution in [0.4, 0.5) is 4.39 Å². The number of halogens is 1. The van der Waals surface area contributed by atoms with Gasteiger partial charge in [0.1, 0.15) is 17.2 Å². The molecule has 2 aliphatic rings. The fourth-order valence-corrected chi connectivity index (χ4v) is 3.51. The van der Waals surface area contributed by atoms with Crippen LogP contribution in [0.25, 0.3) is 0 Å². The standard InChI is InChI=1S/C15H20FNO2/c1-18-14-4-2-3-7-15(14)9-12(17)11-8-10(16)5-6-13(11)19-15/h5-6,8,12,14H,2-4,7,9,17H2,1H3/t12-,14?,15?/m0/s1.